The second-order valence-corrected chi connectivity index (χ2v) is 6.72. The van der Waals surface area contributed by atoms with Crippen LogP contribution < -0.4 is 15.5 Å². The third-order valence-electron chi connectivity index (χ3n) is 4.11. The first kappa shape index (κ1) is 18.1. The first-order chi connectivity index (χ1) is 12.5. The van der Waals surface area contributed by atoms with Gasteiger partial charge >= 0.3 is 0 Å². The van der Waals surface area contributed by atoms with Gasteiger partial charge in [-0.25, -0.2) is 0 Å². The largest absolute Gasteiger partial charge is 0.496 e. The lowest BCUT2D eigenvalue weighted by Crippen LogP contribution is -2.31. The standard InChI is InChI=1S/C19H18BrN3O3/c1-12(13-7-8-18(26-2)15(20)9-13)22-19(25)11-23-16-6-4-3-5-14(16)17(24)10-21-23/h3-10,12H,11H2,1-2H3,(H,22,25)/t12-/m0/s1. The van der Waals surface area contributed by atoms with E-state index >= 15 is 0 Å². The van der Waals surface area contributed by atoms with Crippen molar-refractivity contribution >= 4 is 32.7 Å². The monoisotopic (exact) mass is 415 g/mol. The number of nitrogens with one attached hydrogen (secondary N) is 1. The van der Waals surface area contributed by atoms with E-state index < -0.39 is 0 Å². The Morgan fingerprint density at radius 3 is 2.81 bits per heavy atom. The van der Waals surface area contributed by atoms with Crippen molar-refractivity contribution in [2.45, 2.75) is 19.5 Å². The number of nitrogens with zero attached hydrogens (tertiary/aromatic N) is 2. The number of hydrogen-bond acceptors (Lipinski definition) is 4. The highest BCUT2D eigenvalue weighted by Crippen LogP contribution is 2.27. The van der Waals surface area contributed by atoms with Gasteiger partial charge in [-0.1, -0.05) is 18.2 Å². The van der Waals surface area contributed by atoms with Crippen LogP contribution >= 0.6 is 15.9 Å². The van der Waals surface area contributed by atoms with Gasteiger partial charge in [0.1, 0.15) is 12.3 Å². The molecular weight excluding hydrogens is 398 g/mol. The van der Waals surface area contributed by atoms with Crippen LogP contribution in [0.25, 0.3) is 10.9 Å². The Labute approximate surface area is 158 Å². The molecule has 3 aromatic rings. The van der Waals surface area contributed by atoms with Crippen LogP contribution in [0, 0.1) is 0 Å². The first-order valence-corrected chi connectivity index (χ1v) is 8.86. The molecule has 0 aliphatic heterocycles. The van der Waals surface area contributed by atoms with Gasteiger partial charge in [0.2, 0.25) is 11.3 Å². The summed E-state index contributed by atoms with van der Waals surface area (Å²) in [6.45, 7) is 1.94. The number of methoxy groups -OCH3 is 1. The molecule has 0 bridgehead atoms. The molecule has 0 aliphatic rings. The fourth-order valence-electron chi connectivity index (χ4n) is 2.75. The molecule has 2 aromatic carbocycles. The summed E-state index contributed by atoms with van der Waals surface area (Å²) in [5.41, 5.74) is 1.42. The van der Waals surface area contributed by atoms with Crippen molar-refractivity contribution in [3.05, 3.63) is 68.9 Å². The van der Waals surface area contributed by atoms with E-state index in [0.717, 1.165) is 15.8 Å². The summed E-state index contributed by atoms with van der Waals surface area (Å²) >= 11 is 3.45. The minimum absolute atomic E-state index is 0.0302. The Kier molecular flexibility index (Phi) is 5.37. The van der Waals surface area contributed by atoms with Gasteiger partial charge in [0.05, 0.1) is 29.3 Å². The smallest absolute Gasteiger partial charge is 0.242 e. The maximum atomic E-state index is 12.4. The summed E-state index contributed by atoms with van der Waals surface area (Å²) in [5, 5.41) is 7.58. The molecule has 0 radical (unpaired) electrons. The van der Waals surface area contributed by atoms with Crippen LogP contribution in [0.4, 0.5) is 0 Å². The van der Waals surface area contributed by atoms with Crippen LogP contribution in [0.5, 0.6) is 5.75 Å². The zero-order chi connectivity index (χ0) is 18.7. The zero-order valence-corrected chi connectivity index (χ0v) is 16.0. The van der Waals surface area contributed by atoms with Gasteiger partial charge < -0.3 is 10.1 Å². The second kappa shape index (κ2) is 7.70. The average Bonchev–Trinajstić information content (AvgIpc) is 2.64. The summed E-state index contributed by atoms with van der Waals surface area (Å²) in [6.07, 6.45) is 1.24. The molecule has 1 amide bonds. The van der Waals surface area contributed by atoms with Gasteiger partial charge in [-0.3, -0.25) is 14.3 Å². The lowest BCUT2D eigenvalue weighted by atomic mass is 10.1. The molecule has 0 saturated carbocycles. The fraction of sp³-hybridized carbons (Fsp3) is 0.211. The van der Waals surface area contributed by atoms with Crippen molar-refractivity contribution in [1.29, 1.82) is 0 Å². The Balaban J connectivity index is 1.76. The number of aromatic nitrogens is 2. The van der Waals surface area contributed by atoms with Gasteiger partial charge in [-0.05, 0) is 52.7 Å². The highest BCUT2D eigenvalue weighted by atomic mass is 79.9. The molecule has 0 saturated heterocycles. The van der Waals surface area contributed by atoms with E-state index in [4.69, 9.17) is 4.74 Å². The van der Waals surface area contributed by atoms with Crippen LogP contribution in [-0.4, -0.2) is 22.8 Å². The molecule has 0 spiro atoms. The van der Waals surface area contributed by atoms with E-state index in [1.807, 2.05) is 31.2 Å². The number of rotatable bonds is 5. The Hall–Kier alpha value is -2.67. The van der Waals surface area contributed by atoms with Gasteiger partial charge in [0.25, 0.3) is 0 Å². The van der Waals surface area contributed by atoms with Crippen LogP contribution in [-0.2, 0) is 11.3 Å². The maximum Gasteiger partial charge on any atom is 0.242 e. The Morgan fingerprint density at radius 2 is 2.08 bits per heavy atom. The predicted octanol–water partition coefficient (Wildman–Crippen LogP) is 3.05. The second-order valence-electron chi connectivity index (χ2n) is 5.87. The number of fused-ring (bicyclic) bond motifs is 1. The van der Waals surface area contributed by atoms with Crippen molar-refractivity contribution in [2.75, 3.05) is 7.11 Å². The zero-order valence-electron chi connectivity index (χ0n) is 14.4. The van der Waals surface area contributed by atoms with E-state index in [9.17, 15) is 9.59 Å². The minimum Gasteiger partial charge on any atom is -0.496 e. The van der Waals surface area contributed by atoms with E-state index in [1.165, 1.54) is 10.9 Å². The highest BCUT2D eigenvalue weighted by molar-refractivity contribution is 9.10. The molecule has 1 heterocycles. The molecule has 3 rings (SSSR count). The highest BCUT2D eigenvalue weighted by Gasteiger charge is 2.13. The maximum absolute atomic E-state index is 12.4. The third-order valence-corrected chi connectivity index (χ3v) is 4.73. The van der Waals surface area contributed by atoms with Gasteiger partial charge in [-0.2, -0.15) is 5.10 Å². The third kappa shape index (κ3) is 3.77. The van der Waals surface area contributed by atoms with Crippen molar-refractivity contribution in [3.8, 4) is 5.75 Å². The molecule has 26 heavy (non-hydrogen) atoms. The lowest BCUT2D eigenvalue weighted by Gasteiger charge is -2.16. The lowest BCUT2D eigenvalue weighted by molar-refractivity contribution is -0.122. The fourth-order valence-corrected chi connectivity index (χ4v) is 3.30. The average molecular weight is 416 g/mol. The molecule has 0 unspecified atom stereocenters. The SMILES string of the molecule is COc1ccc([C@H](C)NC(=O)Cn2ncc(=O)c3ccccc32)cc1Br. The van der Waals surface area contributed by atoms with Crippen LogP contribution in [0.1, 0.15) is 18.5 Å². The molecular formula is C19H18BrN3O3. The van der Waals surface area contributed by atoms with E-state index in [0.29, 0.717) is 10.9 Å². The normalized spacial score (nSPS) is 12.0. The summed E-state index contributed by atoms with van der Waals surface area (Å²) in [6, 6.07) is 12.6. The topological polar surface area (TPSA) is 73.2 Å². The number of halogens is 1. The summed E-state index contributed by atoms with van der Waals surface area (Å²) in [7, 11) is 1.60. The van der Waals surface area contributed by atoms with Gasteiger partial charge in [-0.15, -0.1) is 0 Å². The number of carbonyl (C=O) groups is 1. The van der Waals surface area contributed by atoms with E-state index in [1.54, 1.807) is 25.3 Å². The number of benzene rings is 2. The van der Waals surface area contributed by atoms with Crippen molar-refractivity contribution in [3.63, 3.8) is 0 Å². The van der Waals surface area contributed by atoms with Crippen molar-refractivity contribution in [1.82, 2.24) is 15.1 Å². The molecule has 134 valence electrons. The van der Waals surface area contributed by atoms with Crippen molar-refractivity contribution < 1.29 is 9.53 Å². The Bertz CT molecular complexity index is 1020. The van der Waals surface area contributed by atoms with Crippen molar-refractivity contribution in [2.24, 2.45) is 0 Å². The molecule has 0 aliphatic carbocycles. The molecule has 1 atom stereocenters. The number of ether oxygens (including phenoxy) is 1. The summed E-state index contributed by atoms with van der Waals surface area (Å²) in [5.74, 6) is 0.543. The van der Waals surface area contributed by atoms with Crippen LogP contribution in [0.3, 0.4) is 0 Å². The molecule has 1 aromatic heterocycles. The quantitative estimate of drug-likeness (QED) is 0.694. The molecule has 0 fully saturated rings. The molecule has 6 nitrogen and oxygen atoms in total. The predicted molar refractivity (Wildman–Crippen MR) is 103 cm³/mol. The van der Waals surface area contributed by atoms with Crippen LogP contribution in [0.15, 0.2) is 57.9 Å². The number of para-hydroxylation sites is 1. The molecule has 7 heteroatoms. The van der Waals surface area contributed by atoms with Gasteiger partial charge in [0, 0.05) is 5.39 Å². The molecule has 1 N–H and O–H groups in total. The van der Waals surface area contributed by atoms with E-state index in [-0.39, 0.29) is 23.9 Å². The number of hydrogen-bond donors (Lipinski definition) is 1. The minimum atomic E-state index is -0.189. The number of carbonyl (C=O) groups excluding carboxylic acids is 1. The summed E-state index contributed by atoms with van der Waals surface area (Å²) < 4.78 is 7.58. The van der Waals surface area contributed by atoms with Gasteiger partial charge in [0.15, 0.2) is 0 Å². The van der Waals surface area contributed by atoms with E-state index in [2.05, 4.69) is 26.3 Å². The first-order valence-electron chi connectivity index (χ1n) is 8.07. The van der Waals surface area contributed by atoms with Crippen LogP contribution in [0.2, 0.25) is 0 Å². The number of amides is 1. The summed E-state index contributed by atoms with van der Waals surface area (Å²) in [4.78, 5) is 24.3. The Morgan fingerprint density at radius 1 is 1.31 bits per heavy atom.